The van der Waals surface area contributed by atoms with E-state index >= 15 is 0 Å². The maximum atomic E-state index is 4.60. The molecule has 0 aliphatic carbocycles. The summed E-state index contributed by atoms with van der Waals surface area (Å²) in [6.07, 6.45) is 11.4. The normalized spacial score (nSPS) is 12.6. The van der Waals surface area contributed by atoms with Crippen LogP contribution in [0, 0.1) is 0 Å². The zero-order chi connectivity index (χ0) is 22.1. The van der Waals surface area contributed by atoms with Crippen molar-refractivity contribution < 1.29 is 0 Å². The van der Waals surface area contributed by atoms with Crippen LogP contribution in [0.3, 0.4) is 0 Å². The summed E-state index contributed by atoms with van der Waals surface area (Å²) < 4.78 is 0. The Morgan fingerprint density at radius 3 is 2.69 bits per heavy atom. The minimum atomic E-state index is 0.692. The summed E-state index contributed by atoms with van der Waals surface area (Å²) in [5.41, 5.74) is 9.28. The smallest absolute Gasteiger partial charge is 0.181 e. The van der Waals surface area contributed by atoms with Gasteiger partial charge in [-0.3, -0.25) is 10.1 Å². The van der Waals surface area contributed by atoms with Crippen LogP contribution in [0.25, 0.3) is 50.0 Å². The Morgan fingerprint density at radius 2 is 1.91 bits per heavy atom. The van der Waals surface area contributed by atoms with Crippen LogP contribution in [0.15, 0.2) is 91.4 Å². The minimum Gasteiger partial charge on any atom is -0.353 e. The molecule has 0 aliphatic heterocycles. The van der Waals surface area contributed by atoms with Gasteiger partial charge in [0, 0.05) is 40.4 Å². The third-order valence-electron chi connectivity index (χ3n) is 5.73. The molecule has 5 aromatic rings. The van der Waals surface area contributed by atoms with Gasteiger partial charge in [-0.15, -0.1) is 0 Å². The molecule has 0 spiro atoms. The van der Waals surface area contributed by atoms with E-state index in [0.29, 0.717) is 5.65 Å². The van der Waals surface area contributed by atoms with E-state index in [1.165, 1.54) is 0 Å². The van der Waals surface area contributed by atoms with E-state index in [1.807, 2.05) is 43.7 Å². The first-order valence-electron chi connectivity index (χ1n) is 10.5. The van der Waals surface area contributed by atoms with E-state index in [1.54, 1.807) is 6.08 Å². The fraction of sp³-hybridized carbons (Fsp3) is 0.0741. The van der Waals surface area contributed by atoms with Crippen LogP contribution in [0.2, 0.25) is 0 Å². The van der Waals surface area contributed by atoms with Crippen molar-refractivity contribution in [3.63, 3.8) is 0 Å². The average molecular weight is 418 g/mol. The average Bonchev–Trinajstić information content (AvgIpc) is 3.44. The second-order valence-electron chi connectivity index (χ2n) is 7.67. The maximum absolute atomic E-state index is 4.60. The van der Waals surface area contributed by atoms with Crippen molar-refractivity contribution >= 4 is 27.5 Å². The molecule has 0 fully saturated rings. The fourth-order valence-corrected chi connectivity index (χ4v) is 4.21. The maximum Gasteiger partial charge on any atom is 0.181 e. The van der Waals surface area contributed by atoms with Crippen LogP contribution in [-0.2, 0) is 0 Å². The molecule has 156 valence electrons. The highest BCUT2D eigenvalue weighted by molar-refractivity contribution is 6.01. The lowest BCUT2D eigenvalue weighted by molar-refractivity contribution is 1.10. The molecule has 5 heteroatoms. The van der Waals surface area contributed by atoms with Crippen molar-refractivity contribution in [1.82, 2.24) is 25.1 Å². The first kappa shape index (κ1) is 19.7. The van der Waals surface area contributed by atoms with E-state index in [4.69, 9.17) is 0 Å². The first-order chi connectivity index (χ1) is 15.7. The number of pyridine rings is 2. The molecule has 0 saturated heterocycles. The van der Waals surface area contributed by atoms with Gasteiger partial charge in [0.1, 0.15) is 0 Å². The lowest BCUT2D eigenvalue weighted by Gasteiger charge is -2.07. The molecule has 0 saturated carbocycles. The summed E-state index contributed by atoms with van der Waals surface area (Å²) in [6.45, 7) is 7.93. The number of nitrogens with zero attached hydrogens (tertiary/aromatic N) is 3. The molecule has 0 amide bonds. The van der Waals surface area contributed by atoms with Crippen molar-refractivity contribution in [2.24, 2.45) is 0 Å². The highest BCUT2D eigenvalue weighted by atomic mass is 15.2. The molecule has 0 atom stereocenters. The summed E-state index contributed by atoms with van der Waals surface area (Å²) in [4.78, 5) is 12.3. The fourth-order valence-electron chi connectivity index (χ4n) is 4.21. The molecule has 2 N–H and O–H groups in total. The van der Waals surface area contributed by atoms with Gasteiger partial charge in [-0.2, -0.15) is 5.10 Å². The van der Waals surface area contributed by atoms with E-state index in [0.717, 1.165) is 55.5 Å². The Labute approximate surface area is 186 Å². The minimum absolute atomic E-state index is 0.692. The zero-order valence-corrected chi connectivity index (χ0v) is 18.1. The predicted molar refractivity (Wildman–Crippen MR) is 132 cm³/mol. The predicted octanol–water partition coefficient (Wildman–Crippen LogP) is 6.70. The van der Waals surface area contributed by atoms with Crippen molar-refractivity contribution in [3.05, 3.63) is 97.0 Å². The van der Waals surface area contributed by atoms with Crippen LogP contribution in [0.1, 0.15) is 19.4 Å². The van der Waals surface area contributed by atoms with Crippen LogP contribution >= 0.6 is 0 Å². The number of aromatic amines is 2. The van der Waals surface area contributed by atoms with Crippen LogP contribution in [0.5, 0.6) is 0 Å². The molecule has 0 radical (unpaired) electrons. The van der Waals surface area contributed by atoms with Gasteiger partial charge in [0.2, 0.25) is 0 Å². The van der Waals surface area contributed by atoms with Gasteiger partial charge in [0.15, 0.2) is 5.65 Å². The Hall–Kier alpha value is -4.25. The molecule has 4 aromatic heterocycles. The summed E-state index contributed by atoms with van der Waals surface area (Å²) in [6, 6.07) is 14.7. The van der Waals surface area contributed by atoms with Gasteiger partial charge < -0.3 is 4.98 Å². The van der Waals surface area contributed by atoms with Gasteiger partial charge >= 0.3 is 0 Å². The van der Waals surface area contributed by atoms with Crippen molar-refractivity contribution in [3.8, 4) is 22.5 Å². The number of hydrogen-bond acceptors (Lipinski definition) is 3. The molecular weight excluding hydrogens is 394 g/mol. The first-order valence-corrected chi connectivity index (χ1v) is 10.5. The number of fused-ring (bicyclic) bond motifs is 2. The monoisotopic (exact) mass is 417 g/mol. The number of allylic oxidation sites excluding steroid dienone is 5. The summed E-state index contributed by atoms with van der Waals surface area (Å²) in [5.74, 6) is 0. The van der Waals surface area contributed by atoms with Gasteiger partial charge in [0.05, 0.1) is 11.4 Å². The topological polar surface area (TPSA) is 70.2 Å². The van der Waals surface area contributed by atoms with Crippen LogP contribution < -0.4 is 0 Å². The standard InChI is InChI=1S/C27H23N5/c1-4-7-17(3)20(5-2)19-14-23-26(31-32-27(23)29-16-19)25-15-22-21(8-6-9-24(22)30-25)18-10-12-28-13-11-18/h4-16,30H,1H2,2-3H3,(H,29,31,32)/b17-7-,20-5+. The van der Waals surface area contributed by atoms with E-state index in [9.17, 15) is 0 Å². The number of hydrogen-bond donors (Lipinski definition) is 2. The SMILES string of the molecule is C=C/C=C(C)\C(=C/C)c1cnc2n[nH]c(-c3cc4c(-c5ccncc5)cccc4[nH]3)c2c1. The van der Waals surface area contributed by atoms with E-state index in [2.05, 4.69) is 75.1 Å². The number of nitrogens with one attached hydrogen (secondary N) is 2. The molecule has 4 heterocycles. The molecule has 5 nitrogen and oxygen atoms in total. The van der Waals surface area contributed by atoms with Crippen LogP contribution in [0.4, 0.5) is 0 Å². The van der Waals surface area contributed by atoms with Crippen molar-refractivity contribution in [2.75, 3.05) is 0 Å². The van der Waals surface area contributed by atoms with Gasteiger partial charge in [0.25, 0.3) is 0 Å². The molecule has 0 bridgehead atoms. The number of H-pyrrole nitrogens is 2. The van der Waals surface area contributed by atoms with Gasteiger partial charge in [-0.05, 0) is 66.5 Å². The lowest BCUT2D eigenvalue weighted by atomic mass is 9.98. The van der Waals surface area contributed by atoms with E-state index in [-0.39, 0.29) is 0 Å². The molecule has 0 aliphatic rings. The number of rotatable bonds is 5. The quantitative estimate of drug-likeness (QED) is 0.312. The second-order valence-corrected chi connectivity index (χ2v) is 7.67. The molecule has 5 rings (SSSR count). The Balaban J connectivity index is 1.65. The number of benzene rings is 1. The molecule has 32 heavy (non-hydrogen) atoms. The third kappa shape index (κ3) is 3.34. The Kier molecular flexibility index (Phi) is 5.00. The Bertz CT molecular complexity index is 1500. The molecule has 1 aromatic carbocycles. The third-order valence-corrected chi connectivity index (χ3v) is 5.73. The summed E-state index contributed by atoms with van der Waals surface area (Å²) >= 11 is 0. The van der Waals surface area contributed by atoms with Gasteiger partial charge in [-0.25, -0.2) is 4.98 Å². The largest absolute Gasteiger partial charge is 0.353 e. The van der Waals surface area contributed by atoms with Gasteiger partial charge in [-0.1, -0.05) is 36.9 Å². The second kappa shape index (κ2) is 8.12. The Morgan fingerprint density at radius 1 is 1.06 bits per heavy atom. The van der Waals surface area contributed by atoms with Crippen molar-refractivity contribution in [2.45, 2.75) is 13.8 Å². The molecule has 0 unspecified atom stereocenters. The van der Waals surface area contributed by atoms with Crippen LogP contribution in [-0.4, -0.2) is 25.1 Å². The number of aromatic nitrogens is 5. The summed E-state index contributed by atoms with van der Waals surface area (Å²) in [5, 5.41) is 9.75. The van der Waals surface area contributed by atoms with E-state index < -0.39 is 0 Å². The lowest BCUT2D eigenvalue weighted by Crippen LogP contribution is -1.89. The highest BCUT2D eigenvalue weighted by Crippen LogP contribution is 2.34. The molecular formula is C27H23N5. The zero-order valence-electron chi connectivity index (χ0n) is 18.1. The summed E-state index contributed by atoms with van der Waals surface area (Å²) in [7, 11) is 0. The van der Waals surface area contributed by atoms with Crippen molar-refractivity contribution in [1.29, 1.82) is 0 Å². The highest BCUT2D eigenvalue weighted by Gasteiger charge is 2.15.